The van der Waals surface area contributed by atoms with Gasteiger partial charge in [0.2, 0.25) is 5.91 Å². The Morgan fingerprint density at radius 2 is 1.61 bits per heavy atom. The van der Waals surface area contributed by atoms with E-state index in [4.69, 9.17) is 0 Å². The van der Waals surface area contributed by atoms with Crippen molar-refractivity contribution in [1.82, 2.24) is 4.98 Å². The minimum Gasteiger partial charge on any atom is -0.340 e. The van der Waals surface area contributed by atoms with Gasteiger partial charge in [-0.05, 0) is 35.7 Å². The Balaban J connectivity index is 2.01. The van der Waals surface area contributed by atoms with Crippen LogP contribution < -0.4 is 10.6 Å². The van der Waals surface area contributed by atoms with E-state index in [2.05, 4.69) is 41.6 Å². The third-order valence-electron chi connectivity index (χ3n) is 3.55. The number of nitrogens with zero attached hydrogens (tertiary/aromatic N) is 1. The average Bonchev–Trinajstić information content (AvgIpc) is 2.49. The van der Waals surface area contributed by atoms with Gasteiger partial charge in [0, 0.05) is 11.1 Å². The molecule has 4 heteroatoms. The number of amides is 1. The Morgan fingerprint density at radius 3 is 2.09 bits per heavy atom. The number of aromatic nitrogens is 1. The Morgan fingerprint density at radius 1 is 1.00 bits per heavy atom. The third-order valence-corrected chi connectivity index (χ3v) is 3.55. The minimum atomic E-state index is -0.422. The molecule has 2 rings (SSSR count). The molecule has 122 valence electrons. The van der Waals surface area contributed by atoms with Crippen molar-refractivity contribution in [1.29, 1.82) is 0 Å². The summed E-state index contributed by atoms with van der Waals surface area (Å²) in [5, 5.41) is 6.12. The van der Waals surface area contributed by atoms with Crippen LogP contribution in [0.5, 0.6) is 0 Å². The molecular formula is C19H25N3O. The molecule has 0 saturated heterocycles. The largest absolute Gasteiger partial charge is 0.340 e. The van der Waals surface area contributed by atoms with Gasteiger partial charge in [0.1, 0.15) is 5.82 Å². The molecule has 2 N–H and O–H groups in total. The van der Waals surface area contributed by atoms with Crippen LogP contribution in [0.25, 0.3) is 0 Å². The molecule has 23 heavy (non-hydrogen) atoms. The molecule has 0 saturated carbocycles. The first-order valence-corrected chi connectivity index (χ1v) is 7.90. The van der Waals surface area contributed by atoms with E-state index in [1.807, 2.05) is 45.0 Å². The Hall–Kier alpha value is -2.36. The lowest BCUT2D eigenvalue weighted by Gasteiger charge is -2.17. The van der Waals surface area contributed by atoms with Crippen molar-refractivity contribution in [3.05, 3.63) is 48.2 Å². The summed E-state index contributed by atoms with van der Waals surface area (Å²) in [7, 11) is 0. The first-order valence-electron chi connectivity index (χ1n) is 7.90. The number of rotatable bonds is 4. The van der Waals surface area contributed by atoms with Crippen molar-refractivity contribution in [2.75, 3.05) is 10.6 Å². The Bertz CT molecular complexity index is 653. The molecular weight excluding hydrogens is 286 g/mol. The summed E-state index contributed by atoms with van der Waals surface area (Å²) in [6.45, 7) is 9.99. The highest BCUT2D eigenvalue weighted by atomic mass is 16.2. The lowest BCUT2D eigenvalue weighted by molar-refractivity contribution is -0.123. The van der Waals surface area contributed by atoms with E-state index in [0.29, 0.717) is 11.6 Å². The Labute approximate surface area is 138 Å². The summed E-state index contributed by atoms with van der Waals surface area (Å²) in [4.78, 5) is 16.3. The van der Waals surface area contributed by atoms with Gasteiger partial charge in [0.05, 0.1) is 11.9 Å². The smallest absolute Gasteiger partial charge is 0.229 e. The van der Waals surface area contributed by atoms with Crippen LogP contribution in [0.4, 0.5) is 17.2 Å². The molecule has 0 aliphatic rings. The van der Waals surface area contributed by atoms with Crippen LogP contribution in [0, 0.1) is 5.41 Å². The van der Waals surface area contributed by atoms with Crippen LogP contribution in [0.2, 0.25) is 0 Å². The highest BCUT2D eigenvalue weighted by molar-refractivity contribution is 5.94. The summed E-state index contributed by atoms with van der Waals surface area (Å²) in [6.07, 6.45) is 1.66. The van der Waals surface area contributed by atoms with Gasteiger partial charge >= 0.3 is 0 Å². The predicted molar refractivity (Wildman–Crippen MR) is 96.1 cm³/mol. The lowest BCUT2D eigenvalue weighted by atomic mass is 9.96. The van der Waals surface area contributed by atoms with Gasteiger partial charge in [0.15, 0.2) is 0 Å². The summed E-state index contributed by atoms with van der Waals surface area (Å²) in [5.74, 6) is 1.24. The van der Waals surface area contributed by atoms with E-state index in [9.17, 15) is 4.79 Å². The quantitative estimate of drug-likeness (QED) is 0.841. The number of benzene rings is 1. The van der Waals surface area contributed by atoms with Crippen LogP contribution >= 0.6 is 0 Å². The monoisotopic (exact) mass is 311 g/mol. The number of nitrogens with one attached hydrogen (secondary N) is 2. The second kappa shape index (κ2) is 6.82. The van der Waals surface area contributed by atoms with E-state index in [0.717, 1.165) is 11.5 Å². The predicted octanol–water partition coefficient (Wildman–Crippen LogP) is 4.93. The molecule has 0 aliphatic carbocycles. The van der Waals surface area contributed by atoms with Crippen LogP contribution in [-0.2, 0) is 4.79 Å². The van der Waals surface area contributed by atoms with Gasteiger partial charge in [-0.3, -0.25) is 4.79 Å². The molecule has 1 heterocycles. The van der Waals surface area contributed by atoms with Crippen molar-refractivity contribution < 1.29 is 4.79 Å². The van der Waals surface area contributed by atoms with Gasteiger partial charge in [-0.15, -0.1) is 0 Å². The maximum absolute atomic E-state index is 11.9. The minimum absolute atomic E-state index is 0.0238. The van der Waals surface area contributed by atoms with Crippen molar-refractivity contribution in [2.45, 2.75) is 40.5 Å². The molecule has 1 amide bonds. The first-order chi connectivity index (χ1) is 10.8. The zero-order chi connectivity index (χ0) is 17.0. The van der Waals surface area contributed by atoms with Crippen LogP contribution in [0.3, 0.4) is 0 Å². The third kappa shape index (κ3) is 4.81. The molecule has 0 aliphatic heterocycles. The molecule has 2 aromatic rings. The first kappa shape index (κ1) is 17.0. The van der Waals surface area contributed by atoms with E-state index in [1.165, 1.54) is 5.56 Å². The van der Waals surface area contributed by atoms with Crippen molar-refractivity contribution in [3.63, 3.8) is 0 Å². The number of anilines is 3. The zero-order valence-corrected chi connectivity index (χ0v) is 14.5. The number of carbonyl (C=O) groups excluding carboxylic acids is 1. The van der Waals surface area contributed by atoms with Crippen molar-refractivity contribution in [3.8, 4) is 0 Å². The van der Waals surface area contributed by atoms with Crippen LogP contribution in [0.1, 0.15) is 46.1 Å². The standard InChI is InChI=1S/C19H25N3O/c1-13(2)14-6-8-15(9-7-14)21-17-11-10-16(12-20-17)22-18(23)19(3,4)5/h6-13H,1-5H3,(H,20,21)(H,22,23). The van der Waals surface area contributed by atoms with Crippen molar-refractivity contribution in [2.24, 2.45) is 5.41 Å². The van der Waals surface area contributed by atoms with E-state index in [1.54, 1.807) is 6.20 Å². The number of pyridine rings is 1. The highest BCUT2D eigenvalue weighted by Gasteiger charge is 2.21. The van der Waals surface area contributed by atoms with Crippen molar-refractivity contribution >= 4 is 23.1 Å². The lowest BCUT2D eigenvalue weighted by Crippen LogP contribution is -2.27. The fourth-order valence-corrected chi connectivity index (χ4v) is 1.96. The average molecular weight is 311 g/mol. The molecule has 0 atom stereocenters. The molecule has 0 radical (unpaired) electrons. The van der Waals surface area contributed by atoms with Gasteiger partial charge in [-0.1, -0.05) is 46.8 Å². The van der Waals surface area contributed by atoms with E-state index < -0.39 is 5.41 Å². The molecule has 0 bridgehead atoms. The fraction of sp³-hybridized carbons (Fsp3) is 0.368. The highest BCUT2D eigenvalue weighted by Crippen LogP contribution is 2.21. The fourth-order valence-electron chi connectivity index (χ4n) is 1.96. The van der Waals surface area contributed by atoms with E-state index >= 15 is 0 Å². The second-order valence-electron chi connectivity index (χ2n) is 7.04. The molecule has 0 spiro atoms. The summed E-state index contributed by atoms with van der Waals surface area (Å²) >= 11 is 0. The number of carbonyl (C=O) groups is 1. The molecule has 0 unspecified atom stereocenters. The maximum Gasteiger partial charge on any atom is 0.229 e. The van der Waals surface area contributed by atoms with Gasteiger partial charge < -0.3 is 10.6 Å². The second-order valence-corrected chi connectivity index (χ2v) is 7.04. The van der Waals surface area contributed by atoms with E-state index in [-0.39, 0.29) is 5.91 Å². The van der Waals surface area contributed by atoms with Gasteiger partial charge in [0.25, 0.3) is 0 Å². The summed E-state index contributed by atoms with van der Waals surface area (Å²) in [6, 6.07) is 12.0. The normalized spacial score (nSPS) is 11.4. The SMILES string of the molecule is CC(C)c1ccc(Nc2ccc(NC(=O)C(C)(C)C)cn2)cc1. The summed E-state index contributed by atoms with van der Waals surface area (Å²) in [5.41, 5.74) is 2.58. The topological polar surface area (TPSA) is 54.0 Å². The van der Waals surface area contributed by atoms with Gasteiger partial charge in [-0.25, -0.2) is 4.98 Å². The molecule has 4 nitrogen and oxygen atoms in total. The molecule has 1 aromatic carbocycles. The zero-order valence-electron chi connectivity index (χ0n) is 14.5. The van der Waals surface area contributed by atoms with Crippen LogP contribution in [-0.4, -0.2) is 10.9 Å². The molecule has 1 aromatic heterocycles. The molecule has 0 fully saturated rings. The van der Waals surface area contributed by atoms with Gasteiger partial charge in [-0.2, -0.15) is 0 Å². The maximum atomic E-state index is 11.9. The summed E-state index contributed by atoms with van der Waals surface area (Å²) < 4.78 is 0. The van der Waals surface area contributed by atoms with Crippen LogP contribution in [0.15, 0.2) is 42.6 Å². The Kier molecular flexibility index (Phi) is 5.04. The number of hydrogen-bond acceptors (Lipinski definition) is 3. The number of hydrogen-bond donors (Lipinski definition) is 2.